The summed E-state index contributed by atoms with van der Waals surface area (Å²) in [6, 6.07) is 10.4. The van der Waals surface area contributed by atoms with Crippen molar-refractivity contribution in [3.05, 3.63) is 59.7 Å². The summed E-state index contributed by atoms with van der Waals surface area (Å²) in [4.78, 5) is 94.4. The first-order valence-corrected chi connectivity index (χ1v) is 27.0. The number of carbonyl (C=O) groups excluding carboxylic acids is 5. The molecule has 0 aliphatic carbocycles. The molecular weight excluding hydrogens is 963 g/mol. The van der Waals surface area contributed by atoms with Crippen molar-refractivity contribution in [2.45, 2.75) is 153 Å². The number of ether oxygens (including phenoxy) is 3. The Hall–Kier alpha value is -4.89. The molecule has 10 atom stereocenters. The van der Waals surface area contributed by atoms with Crippen molar-refractivity contribution in [2.24, 2.45) is 23.7 Å². The topological polar surface area (TPSA) is 233 Å². The Balaban J connectivity index is 1.42. The van der Waals surface area contributed by atoms with E-state index >= 15 is 0 Å². The van der Waals surface area contributed by atoms with Crippen molar-refractivity contribution in [1.82, 2.24) is 35.3 Å². The molecule has 72 heavy (non-hydrogen) atoms. The Morgan fingerprint density at radius 2 is 1.57 bits per heavy atom. The minimum absolute atomic E-state index is 0.0265. The fourth-order valence-electron chi connectivity index (χ4n) is 9.43. The van der Waals surface area contributed by atoms with Gasteiger partial charge < -0.3 is 49.8 Å². The molecule has 2 aromatic carbocycles. The highest BCUT2D eigenvalue weighted by atomic mass is 33.1. The molecule has 1 aromatic heterocycles. The van der Waals surface area contributed by atoms with Crippen LogP contribution in [0.15, 0.2) is 53.7 Å². The van der Waals surface area contributed by atoms with Crippen LogP contribution in [0, 0.1) is 23.7 Å². The number of imidazole rings is 1. The van der Waals surface area contributed by atoms with Gasteiger partial charge in [-0.2, -0.15) is 0 Å². The van der Waals surface area contributed by atoms with Crippen LogP contribution in [0.25, 0.3) is 11.0 Å². The van der Waals surface area contributed by atoms with E-state index in [1.807, 2.05) is 59.7 Å². The number of hydrogen-bond donors (Lipinski definition) is 5. The van der Waals surface area contributed by atoms with Gasteiger partial charge in [0.05, 0.1) is 64.6 Å². The van der Waals surface area contributed by atoms with Crippen LogP contribution in [0.3, 0.4) is 0 Å². The van der Waals surface area contributed by atoms with Crippen LogP contribution in [-0.4, -0.2) is 159 Å². The average molecular weight is 1040 g/mol. The third-order valence-corrected chi connectivity index (χ3v) is 16.8. The summed E-state index contributed by atoms with van der Waals surface area (Å²) < 4.78 is 17.2. The number of carboxylic acids is 1. The van der Waals surface area contributed by atoms with E-state index in [4.69, 9.17) is 14.2 Å². The zero-order valence-corrected chi connectivity index (χ0v) is 46.1. The lowest BCUT2D eigenvalue weighted by Crippen LogP contribution is -2.60. The minimum atomic E-state index is -1.08. The number of aromatic amines is 1. The van der Waals surface area contributed by atoms with E-state index in [1.54, 1.807) is 68.8 Å². The molecule has 0 unspecified atom stereocenters. The van der Waals surface area contributed by atoms with Crippen LogP contribution in [0.1, 0.15) is 117 Å². The summed E-state index contributed by atoms with van der Waals surface area (Å²) >= 11 is 0. The third kappa shape index (κ3) is 15.1. The van der Waals surface area contributed by atoms with Crippen LogP contribution in [0.5, 0.6) is 0 Å². The number of aliphatic hydroxyl groups excluding tert-OH is 1. The Morgan fingerprint density at radius 1 is 0.903 bits per heavy atom. The van der Waals surface area contributed by atoms with Crippen molar-refractivity contribution in [3.8, 4) is 0 Å². The van der Waals surface area contributed by atoms with Gasteiger partial charge in [0.1, 0.15) is 24.2 Å². The second kappa shape index (κ2) is 26.9. The maximum Gasteiger partial charge on any atom is 0.410 e. The van der Waals surface area contributed by atoms with Gasteiger partial charge in [-0.15, -0.1) is 0 Å². The maximum atomic E-state index is 14.7. The number of rotatable bonds is 26. The maximum absolute atomic E-state index is 14.7. The zero-order valence-electron chi connectivity index (χ0n) is 44.5. The standard InChI is InChI=1S/C52H79N7O11S2/c1-15-31(6)43(38(68-13)27-39(60)59-26-20-25-37(59)45(69-14)32(7)46(62)53-33(8)44(61)34-21-17-16-18-22-34)57(11)48(64)40(29(2)3)55-47(63)42(30(4)5)58(12)51(67)70-28-52(9,10)72-71-50-54-36-24-19-23-35(49(65)66)41(36)56-50/h16-19,21-24,29-33,37-38,40,42-45,61H,15,20,25-28H2,1-14H3,(H,53,62)(H,54,56)(H,55,63)(H,65,66)/t31-,32+,33+,37-,38+,40-,42-,43-,44+,45+/m0/s1. The van der Waals surface area contributed by atoms with Gasteiger partial charge in [0.15, 0.2) is 5.16 Å². The van der Waals surface area contributed by atoms with E-state index in [-0.39, 0.29) is 54.1 Å². The van der Waals surface area contributed by atoms with Crippen molar-refractivity contribution in [1.29, 1.82) is 0 Å². The van der Waals surface area contributed by atoms with E-state index in [0.717, 1.165) is 0 Å². The van der Waals surface area contributed by atoms with E-state index in [9.17, 15) is 39.0 Å². The zero-order chi connectivity index (χ0) is 53.8. The summed E-state index contributed by atoms with van der Waals surface area (Å²) in [5, 5.41) is 26.9. The number of H-pyrrole nitrogens is 1. The third-order valence-electron chi connectivity index (χ3n) is 13.7. The van der Waals surface area contributed by atoms with Gasteiger partial charge in [-0.3, -0.25) is 24.1 Å². The SMILES string of the molecule is CC[C@H](C)[C@@H]([C@@H](CC(=O)N1CCC[C@H]1[C@H](OC)[C@@H](C)C(=O)N[C@H](C)[C@@H](O)c1ccccc1)OC)N(C)C(=O)[C@@H](NC(=O)[C@H](C(C)C)N(C)C(=O)OCC(C)(C)SSc1nc2c(C(=O)O)cccc2[nH]1)C(C)C. The number of methoxy groups -OCH3 is 2. The molecule has 1 fully saturated rings. The predicted octanol–water partition coefficient (Wildman–Crippen LogP) is 7.17. The molecule has 0 spiro atoms. The number of likely N-dealkylation sites (tertiary alicyclic amines) is 1. The van der Waals surface area contributed by atoms with Crippen molar-refractivity contribution < 1.29 is 53.2 Å². The Kier molecular flexibility index (Phi) is 22.3. The van der Waals surface area contributed by atoms with Crippen molar-refractivity contribution in [3.63, 3.8) is 0 Å². The number of carboxylic acid groups (broad SMARTS) is 1. The largest absolute Gasteiger partial charge is 0.478 e. The number of nitrogens with zero attached hydrogens (tertiary/aromatic N) is 4. The quantitative estimate of drug-likeness (QED) is 0.0502. The monoisotopic (exact) mass is 1040 g/mol. The molecular formula is C52H79N7O11S2. The molecule has 0 bridgehead atoms. The van der Waals surface area contributed by atoms with Gasteiger partial charge in [0, 0.05) is 34.9 Å². The second-order valence-corrected chi connectivity index (χ2v) is 23.1. The second-order valence-electron chi connectivity index (χ2n) is 20.3. The first-order chi connectivity index (χ1) is 33.9. The van der Waals surface area contributed by atoms with Crippen LogP contribution in [0.2, 0.25) is 0 Å². The van der Waals surface area contributed by atoms with Gasteiger partial charge >= 0.3 is 12.1 Å². The van der Waals surface area contributed by atoms with Crippen LogP contribution in [-0.2, 0) is 33.4 Å². The summed E-state index contributed by atoms with van der Waals surface area (Å²) in [5.41, 5.74) is 1.70. The molecule has 2 heterocycles. The molecule has 20 heteroatoms. The molecule has 5 N–H and O–H groups in total. The normalized spacial score (nSPS) is 17.8. The van der Waals surface area contributed by atoms with Gasteiger partial charge in [-0.1, -0.05) is 102 Å². The Morgan fingerprint density at radius 3 is 2.15 bits per heavy atom. The number of likely N-dealkylation sites (N-methyl/N-ethyl adjacent to an activating group) is 2. The van der Waals surface area contributed by atoms with E-state index in [0.29, 0.717) is 47.6 Å². The lowest BCUT2D eigenvalue weighted by atomic mass is 9.89. The smallest absolute Gasteiger partial charge is 0.410 e. The van der Waals surface area contributed by atoms with Crippen molar-refractivity contribution in [2.75, 3.05) is 41.5 Å². The van der Waals surface area contributed by atoms with Crippen LogP contribution < -0.4 is 10.6 Å². The molecule has 1 saturated heterocycles. The number of carbonyl (C=O) groups is 6. The number of amides is 5. The highest BCUT2D eigenvalue weighted by Gasteiger charge is 2.44. The summed E-state index contributed by atoms with van der Waals surface area (Å²) in [6.07, 6.45) is -1.09. The fraction of sp³-hybridized carbons (Fsp3) is 0.635. The molecule has 3 aromatic rings. The molecule has 0 saturated carbocycles. The number of para-hydroxylation sites is 1. The Labute approximate surface area is 433 Å². The summed E-state index contributed by atoms with van der Waals surface area (Å²) in [7, 11) is 8.87. The first-order valence-electron chi connectivity index (χ1n) is 24.8. The number of hydrogen-bond acceptors (Lipinski definition) is 13. The molecule has 5 amide bonds. The number of aliphatic hydroxyl groups is 1. The lowest BCUT2D eigenvalue weighted by Gasteiger charge is -2.41. The fourth-order valence-corrected chi connectivity index (χ4v) is 11.4. The molecule has 400 valence electrons. The molecule has 1 aliphatic heterocycles. The molecule has 4 rings (SSSR count). The van der Waals surface area contributed by atoms with Gasteiger partial charge in [0.25, 0.3) is 0 Å². The number of nitrogens with one attached hydrogen (secondary N) is 3. The molecule has 1 aliphatic rings. The average Bonchev–Trinajstić information content (AvgIpc) is 4.01. The van der Waals surface area contributed by atoms with E-state index in [1.165, 1.54) is 53.8 Å². The number of fused-ring (bicyclic) bond motifs is 1. The number of aromatic carboxylic acids is 1. The number of benzene rings is 2. The van der Waals surface area contributed by atoms with Gasteiger partial charge in [-0.05, 0) is 79.9 Å². The van der Waals surface area contributed by atoms with Gasteiger partial charge in [-0.25, -0.2) is 14.6 Å². The predicted molar refractivity (Wildman–Crippen MR) is 280 cm³/mol. The molecule has 0 radical (unpaired) electrons. The summed E-state index contributed by atoms with van der Waals surface area (Å²) in [5.74, 6) is -4.03. The Bertz CT molecular complexity index is 2300. The molecule has 18 nitrogen and oxygen atoms in total. The van der Waals surface area contributed by atoms with E-state index in [2.05, 4.69) is 20.6 Å². The lowest BCUT2D eigenvalue weighted by molar-refractivity contribution is -0.148. The highest BCUT2D eigenvalue weighted by molar-refractivity contribution is 8.77. The highest BCUT2D eigenvalue weighted by Crippen LogP contribution is 2.41. The number of aromatic nitrogens is 2. The van der Waals surface area contributed by atoms with Crippen LogP contribution >= 0.6 is 21.6 Å². The van der Waals surface area contributed by atoms with Gasteiger partial charge in [0.2, 0.25) is 23.6 Å². The van der Waals surface area contributed by atoms with E-state index < -0.39 is 77.2 Å². The first kappa shape index (κ1) is 59.7. The minimum Gasteiger partial charge on any atom is -0.478 e. The van der Waals surface area contributed by atoms with Crippen LogP contribution in [0.4, 0.5) is 4.79 Å². The summed E-state index contributed by atoms with van der Waals surface area (Å²) in [6.45, 7) is 19.0. The van der Waals surface area contributed by atoms with Crippen molar-refractivity contribution >= 4 is 68.3 Å².